The van der Waals surface area contributed by atoms with Crippen LogP contribution in [0.2, 0.25) is 5.02 Å². The molecule has 0 saturated carbocycles. The van der Waals surface area contributed by atoms with E-state index in [9.17, 15) is 4.79 Å². The van der Waals surface area contributed by atoms with E-state index in [1.165, 1.54) is 4.90 Å². The Kier molecular flexibility index (Phi) is 5.81. The van der Waals surface area contributed by atoms with E-state index >= 15 is 0 Å². The maximum absolute atomic E-state index is 11.0. The Morgan fingerprint density at radius 1 is 1.47 bits per heavy atom. The lowest BCUT2D eigenvalue weighted by atomic mass is 10.2. The SMILES string of the molecule is CCC(=O)CCCSc1cccc(Cl)c1. The largest absolute Gasteiger partial charge is 0.300 e. The number of benzene rings is 1. The van der Waals surface area contributed by atoms with Crippen molar-refractivity contribution in [1.29, 1.82) is 0 Å². The van der Waals surface area contributed by atoms with E-state index in [0.717, 1.165) is 17.2 Å². The van der Waals surface area contributed by atoms with Crippen molar-refractivity contribution in [1.82, 2.24) is 0 Å². The molecule has 0 radical (unpaired) electrons. The highest BCUT2D eigenvalue weighted by molar-refractivity contribution is 7.99. The van der Waals surface area contributed by atoms with Gasteiger partial charge in [0.05, 0.1) is 0 Å². The third-order valence-electron chi connectivity index (χ3n) is 2.06. The van der Waals surface area contributed by atoms with Crippen molar-refractivity contribution in [3.8, 4) is 0 Å². The fourth-order valence-corrected chi connectivity index (χ4v) is 2.36. The second-order valence-electron chi connectivity index (χ2n) is 3.30. The fraction of sp³-hybridized carbons (Fsp3) is 0.417. The van der Waals surface area contributed by atoms with Gasteiger partial charge in [0.15, 0.2) is 0 Å². The third kappa shape index (κ3) is 5.24. The zero-order valence-electron chi connectivity index (χ0n) is 8.83. The summed E-state index contributed by atoms with van der Waals surface area (Å²) in [7, 11) is 0. The summed E-state index contributed by atoms with van der Waals surface area (Å²) in [5.74, 6) is 1.33. The van der Waals surface area contributed by atoms with E-state index in [-0.39, 0.29) is 0 Å². The van der Waals surface area contributed by atoms with E-state index in [0.29, 0.717) is 18.6 Å². The van der Waals surface area contributed by atoms with Crippen molar-refractivity contribution >= 4 is 29.1 Å². The zero-order chi connectivity index (χ0) is 11.1. The van der Waals surface area contributed by atoms with Gasteiger partial charge in [-0.05, 0) is 30.4 Å². The van der Waals surface area contributed by atoms with E-state index < -0.39 is 0 Å². The number of hydrogen-bond donors (Lipinski definition) is 0. The fourth-order valence-electron chi connectivity index (χ4n) is 1.19. The van der Waals surface area contributed by atoms with Crippen LogP contribution < -0.4 is 0 Å². The van der Waals surface area contributed by atoms with E-state index in [2.05, 4.69) is 0 Å². The predicted molar refractivity (Wildman–Crippen MR) is 66.7 cm³/mol. The van der Waals surface area contributed by atoms with Crippen LogP contribution in [0.4, 0.5) is 0 Å². The number of carbonyl (C=O) groups is 1. The minimum absolute atomic E-state index is 0.349. The van der Waals surface area contributed by atoms with Crippen LogP contribution in [-0.4, -0.2) is 11.5 Å². The number of hydrogen-bond acceptors (Lipinski definition) is 2. The molecule has 0 atom stereocenters. The molecule has 0 aliphatic rings. The Balaban J connectivity index is 2.23. The quantitative estimate of drug-likeness (QED) is 0.550. The molecule has 0 fully saturated rings. The van der Waals surface area contributed by atoms with Crippen LogP contribution in [0.3, 0.4) is 0 Å². The van der Waals surface area contributed by atoms with E-state index in [4.69, 9.17) is 11.6 Å². The molecular weight excluding hydrogens is 228 g/mol. The summed E-state index contributed by atoms with van der Waals surface area (Å²) in [6.45, 7) is 1.91. The molecule has 0 amide bonds. The number of thioether (sulfide) groups is 1. The van der Waals surface area contributed by atoms with Crippen LogP contribution in [0.5, 0.6) is 0 Å². The normalized spacial score (nSPS) is 10.3. The molecule has 3 heteroatoms. The summed E-state index contributed by atoms with van der Waals surface area (Å²) in [6.07, 6.45) is 2.30. The van der Waals surface area contributed by atoms with Crippen molar-refractivity contribution in [3.05, 3.63) is 29.3 Å². The lowest BCUT2D eigenvalue weighted by molar-refractivity contribution is -0.118. The molecule has 0 aliphatic carbocycles. The summed E-state index contributed by atoms with van der Waals surface area (Å²) in [6, 6.07) is 7.81. The van der Waals surface area contributed by atoms with Gasteiger partial charge in [0.1, 0.15) is 5.78 Å². The zero-order valence-corrected chi connectivity index (χ0v) is 10.4. The smallest absolute Gasteiger partial charge is 0.132 e. The molecule has 0 spiro atoms. The molecule has 1 nitrogen and oxygen atoms in total. The molecule has 0 unspecified atom stereocenters. The maximum Gasteiger partial charge on any atom is 0.132 e. The molecule has 0 aromatic heterocycles. The Morgan fingerprint density at radius 3 is 2.93 bits per heavy atom. The summed E-state index contributed by atoms with van der Waals surface area (Å²) >= 11 is 7.61. The van der Waals surface area contributed by atoms with Crippen LogP contribution in [0, 0.1) is 0 Å². The summed E-state index contributed by atoms with van der Waals surface area (Å²) < 4.78 is 0. The average Bonchev–Trinajstić information content (AvgIpc) is 2.24. The topological polar surface area (TPSA) is 17.1 Å². The highest BCUT2D eigenvalue weighted by Crippen LogP contribution is 2.22. The van der Waals surface area contributed by atoms with Crippen LogP contribution in [0.15, 0.2) is 29.2 Å². The van der Waals surface area contributed by atoms with Gasteiger partial charge in [-0.25, -0.2) is 0 Å². The highest BCUT2D eigenvalue weighted by atomic mass is 35.5. The monoisotopic (exact) mass is 242 g/mol. The number of Topliss-reactive ketones (excluding diaryl/α,β-unsaturated/α-hetero) is 1. The Hall–Kier alpha value is -0.470. The highest BCUT2D eigenvalue weighted by Gasteiger charge is 1.99. The first kappa shape index (κ1) is 12.6. The van der Waals surface area contributed by atoms with Crippen LogP contribution in [0.25, 0.3) is 0 Å². The van der Waals surface area contributed by atoms with Gasteiger partial charge in [0.2, 0.25) is 0 Å². The molecule has 82 valence electrons. The number of ketones is 1. The van der Waals surface area contributed by atoms with E-state index in [1.807, 2.05) is 31.2 Å². The van der Waals surface area contributed by atoms with E-state index in [1.54, 1.807) is 11.8 Å². The minimum atomic E-state index is 0.349. The Labute approximate surface area is 100 Å². The van der Waals surface area contributed by atoms with Gasteiger partial charge in [0.25, 0.3) is 0 Å². The number of carbonyl (C=O) groups excluding carboxylic acids is 1. The van der Waals surface area contributed by atoms with Gasteiger partial charge in [-0.3, -0.25) is 4.79 Å². The number of halogens is 1. The van der Waals surface area contributed by atoms with Crippen molar-refractivity contribution < 1.29 is 4.79 Å². The molecule has 0 saturated heterocycles. The Morgan fingerprint density at radius 2 is 2.27 bits per heavy atom. The first-order valence-electron chi connectivity index (χ1n) is 5.12. The van der Waals surface area contributed by atoms with Gasteiger partial charge in [-0.2, -0.15) is 0 Å². The first-order chi connectivity index (χ1) is 7.22. The molecule has 1 aromatic carbocycles. The van der Waals surface area contributed by atoms with Gasteiger partial charge in [-0.1, -0.05) is 24.6 Å². The van der Waals surface area contributed by atoms with Gasteiger partial charge < -0.3 is 0 Å². The van der Waals surface area contributed by atoms with Crippen molar-refractivity contribution in [2.24, 2.45) is 0 Å². The van der Waals surface area contributed by atoms with Crippen molar-refractivity contribution in [2.75, 3.05) is 5.75 Å². The van der Waals surface area contributed by atoms with Crippen LogP contribution in [0.1, 0.15) is 26.2 Å². The van der Waals surface area contributed by atoms with Crippen LogP contribution >= 0.6 is 23.4 Å². The molecule has 1 rings (SSSR count). The van der Waals surface area contributed by atoms with Gasteiger partial charge in [0, 0.05) is 22.8 Å². The average molecular weight is 243 g/mol. The van der Waals surface area contributed by atoms with Gasteiger partial charge >= 0.3 is 0 Å². The molecule has 1 aromatic rings. The standard InChI is InChI=1S/C12H15ClOS/c1-2-11(14)6-4-8-15-12-7-3-5-10(13)9-12/h3,5,7,9H,2,4,6,8H2,1H3. The first-order valence-corrected chi connectivity index (χ1v) is 6.49. The molecule has 15 heavy (non-hydrogen) atoms. The lowest BCUT2D eigenvalue weighted by Crippen LogP contribution is -1.95. The van der Waals surface area contributed by atoms with Crippen molar-refractivity contribution in [3.63, 3.8) is 0 Å². The second-order valence-corrected chi connectivity index (χ2v) is 4.91. The molecule has 0 N–H and O–H groups in total. The summed E-state index contributed by atoms with van der Waals surface area (Å²) in [5.41, 5.74) is 0. The van der Waals surface area contributed by atoms with Gasteiger partial charge in [-0.15, -0.1) is 11.8 Å². The maximum atomic E-state index is 11.0. The molecule has 0 bridgehead atoms. The molecule has 0 aliphatic heterocycles. The summed E-state index contributed by atoms with van der Waals surface area (Å²) in [4.78, 5) is 12.2. The molecular formula is C12H15ClOS. The molecule has 0 heterocycles. The minimum Gasteiger partial charge on any atom is -0.300 e. The Bertz CT molecular complexity index is 325. The lowest BCUT2D eigenvalue weighted by Gasteiger charge is -2.01. The second kappa shape index (κ2) is 6.91. The van der Waals surface area contributed by atoms with Crippen LogP contribution in [-0.2, 0) is 4.79 Å². The summed E-state index contributed by atoms with van der Waals surface area (Å²) in [5, 5.41) is 0.768. The van der Waals surface area contributed by atoms with Crippen molar-refractivity contribution in [2.45, 2.75) is 31.1 Å². The predicted octanol–water partition coefficient (Wildman–Crippen LogP) is 4.19. The third-order valence-corrected chi connectivity index (χ3v) is 3.37. The number of rotatable bonds is 6.